The third-order valence-corrected chi connectivity index (χ3v) is 4.48. The zero-order valence-corrected chi connectivity index (χ0v) is 11.9. The van der Waals surface area contributed by atoms with Crippen molar-refractivity contribution in [3.05, 3.63) is 30.3 Å². The van der Waals surface area contributed by atoms with Gasteiger partial charge in [-0.1, -0.05) is 18.2 Å². The highest BCUT2D eigenvalue weighted by Gasteiger charge is 2.47. The van der Waals surface area contributed by atoms with E-state index in [-0.39, 0.29) is 23.7 Å². The lowest BCUT2D eigenvalue weighted by Crippen LogP contribution is -2.62. The molecule has 2 heterocycles. The molecule has 108 valence electrons. The molecular weight excluding hydrogens is 254 g/mol. The van der Waals surface area contributed by atoms with E-state index in [2.05, 4.69) is 12.2 Å². The molecule has 4 heteroatoms. The van der Waals surface area contributed by atoms with E-state index in [0.717, 1.165) is 31.4 Å². The van der Waals surface area contributed by atoms with Gasteiger partial charge in [-0.3, -0.25) is 4.79 Å². The van der Waals surface area contributed by atoms with Crippen molar-refractivity contribution >= 4 is 5.91 Å². The van der Waals surface area contributed by atoms with Gasteiger partial charge in [0.15, 0.2) is 6.61 Å². The molecule has 2 saturated heterocycles. The van der Waals surface area contributed by atoms with Gasteiger partial charge in [0, 0.05) is 0 Å². The van der Waals surface area contributed by atoms with Gasteiger partial charge in [-0.25, -0.2) is 0 Å². The lowest BCUT2D eigenvalue weighted by atomic mass is 9.72. The van der Waals surface area contributed by atoms with E-state index in [9.17, 15) is 4.79 Å². The maximum atomic E-state index is 12.1. The Labute approximate surface area is 119 Å². The van der Waals surface area contributed by atoms with Crippen LogP contribution in [0.25, 0.3) is 0 Å². The maximum absolute atomic E-state index is 12.1. The van der Waals surface area contributed by atoms with Crippen LogP contribution in [0.5, 0.6) is 5.75 Å². The lowest BCUT2D eigenvalue weighted by molar-refractivity contribution is -0.159. The molecule has 0 aromatic heterocycles. The Kier molecular flexibility index (Phi) is 3.42. The van der Waals surface area contributed by atoms with Crippen LogP contribution in [-0.2, 0) is 9.53 Å². The minimum absolute atomic E-state index is 0.0347. The number of carbonyl (C=O) groups is 1. The number of para-hydroxylation sites is 1. The van der Waals surface area contributed by atoms with E-state index in [0.29, 0.717) is 6.61 Å². The largest absolute Gasteiger partial charge is 0.484 e. The first-order chi connectivity index (χ1) is 9.59. The van der Waals surface area contributed by atoms with Gasteiger partial charge in [0.2, 0.25) is 0 Å². The highest BCUT2D eigenvalue weighted by molar-refractivity contribution is 5.78. The first kappa shape index (κ1) is 13.4. The standard InChI is InChI=1S/C16H21NO3/c1-15-7-9-16(10-8-15,12-20-15)17-14(18)11-19-13-5-3-2-4-6-13/h2-6H,7-12H2,1H3,(H,17,18). The number of benzene rings is 1. The number of nitrogens with one attached hydrogen (secondary N) is 1. The van der Waals surface area contributed by atoms with Crippen molar-refractivity contribution in [2.75, 3.05) is 13.2 Å². The highest BCUT2D eigenvalue weighted by Crippen LogP contribution is 2.43. The molecule has 2 bridgehead atoms. The van der Waals surface area contributed by atoms with Gasteiger partial charge < -0.3 is 14.8 Å². The second-order valence-corrected chi connectivity index (χ2v) is 6.17. The Bertz CT molecular complexity index is 461. The van der Waals surface area contributed by atoms with Crippen molar-refractivity contribution in [3.63, 3.8) is 0 Å². The van der Waals surface area contributed by atoms with Crippen LogP contribution in [0, 0.1) is 0 Å². The molecule has 1 aromatic carbocycles. The SMILES string of the molecule is CC12CCC(NC(=O)COc3ccccc3)(CC1)CO2. The molecule has 1 N–H and O–H groups in total. The topological polar surface area (TPSA) is 47.6 Å². The summed E-state index contributed by atoms with van der Waals surface area (Å²) >= 11 is 0. The molecule has 0 unspecified atom stereocenters. The van der Waals surface area contributed by atoms with Gasteiger partial charge in [0.05, 0.1) is 17.7 Å². The zero-order chi connectivity index (χ0) is 14.1. The Morgan fingerprint density at radius 2 is 1.95 bits per heavy atom. The second kappa shape index (κ2) is 5.09. The molecule has 0 spiro atoms. The first-order valence-corrected chi connectivity index (χ1v) is 7.22. The summed E-state index contributed by atoms with van der Waals surface area (Å²) in [5, 5.41) is 3.12. The van der Waals surface area contributed by atoms with Gasteiger partial charge in [-0.2, -0.15) is 0 Å². The predicted octanol–water partition coefficient (Wildman–Crippen LogP) is 2.28. The Morgan fingerprint density at radius 1 is 1.25 bits per heavy atom. The minimum atomic E-state index is -0.172. The van der Waals surface area contributed by atoms with Crippen molar-refractivity contribution in [1.82, 2.24) is 5.32 Å². The number of carbonyl (C=O) groups excluding carboxylic acids is 1. The summed E-state index contributed by atoms with van der Waals surface area (Å²) in [4.78, 5) is 12.1. The molecule has 1 aromatic rings. The normalized spacial score (nSPS) is 31.9. The summed E-state index contributed by atoms with van der Waals surface area (Å²) in [5.41, 5.74) is -0.137. The Balaban J connectivity index is 1.52. The molecule has 3 fully saturated rings. The van der Waals surface area contributed by atoms with Crippen molar-refractivity contribution in [3.8, 4) is 5.75 Å². The van der Waals surface area contributed by atoms with Crippen molar-refractivity contribution in [1.29, 1.82) is 0 Å². The van der Waals surface area contributed by atoms with E-state index in [4.69, 9.17) is 9.47 Å². The molecule has 0 radical (unpaired) electrons. The highest BCUT2D eigenvalue weighted by atomic mass is 16.5. The summed E-state index contributed by atoms with van der Waals surface area (Å²) < 4.78 is 11.4. The summed E-state index contributed by atoms with van der Waals surface area (Å²) in [7, 11) is 0. The molecule has 20 heavy (non-hydrogen) atoms. The van der Waals surface area contributed by atoms with E-state index in [1.54, 1.807) is 0 Å². The summed E-state index contributed by atoms with van der Waals surface area (Å²) in [6.45, 7) is 2.85. The molecule has 0 atom stereocenters. The lowest BCUT2D eigenvalue weighted by Gasteiger charge is -2.51. The third kappa shape index (κ3) is 2.80. The third-order valence-electron chi connectivity index (χ3n) is 4.48. The maximum Gasteiger partial charge on any atom is 0.258 e. The van der Waals surface area contributed by atoms with Crippen LogP contribution in [0.4, 0.5) is 0 Å². The second-order valence-electron chi connectivity index (χ2n) is 6.17. The average molecular weight is 275 g/mol. The van der Waals surface area contributed by atoms with E-state index in [1.807, 2.05) is 30.3 Å². The molecular formula is C16H21NO3. The minimum Gasteiger partial charge on any atom is -0.484 e. The molecule has 4 nitrogen and oxygen atoms in total. The zero-order valence-electron chi connectivity index (χ0n) is 11.9. The smallest absolute Gasteiger partial charge is 0.258 e. The Morgan fingerprint density at radius 3 is 2.55 bits per heavy atom. The van der Waals surface area contributed by atoms with Crippen LogP contribution >= 0.6 is 0 Å². The number of hydrogen-bond acceptors (Lipinski definition) is 3. The predicted molar refractivity (Wildman–Crippen MR) is 75.6 cm³/mol. The molecule has 1 saturated carbocycles. The molecule has 1 aliphatic carbocycles. The van der Waals surface area contributed by atoms with Crippen LogP contribution in [0.2, 0.25) is 0 Å². The van der Waals surface area contributed by atoms with Gasteiger partial charge in [-0.15, -0.1) is 0 Å². The van der Waals surface area contributed by atoms with Crippen molar-refractivity contribution in [2.24, 2.45) is 0 Å². The quantitative estimate of drug-likeness (QED) is 0.917. The molecule has 2 aliphatic heterocycles. The Hall–Kier alpha value is -1.55. The van der Waals surface area contributed by atoms with Crippen LogP contribution in [-0.4, -0.2) is 30.3 Å². The van der Waals surface area contributed by atoms with Crippen molar-refractivity contribution in [2.45, 2.75) is 43.7 Å². The summed E-state index contributed by atoms with van der Waals surface area (Å²) in [5.74, 6) is 0.652. The monoisotopic (exact) mass is 275 g/mol. The fraction of sp³-hybridized carbons (Fsp3) is 0.562. The van der Waals surface area contributed by atoms with E-state index < -0.39 is 0 Å². The van der Waals surface area contributed by atoms with Crippen LogP contribution < -0.4 is 10.1 Å². The number of hydrogen-bond donors (Lipinski definition) is 1. The molecule has 3 aliphatic rings. The van der Waals surface area contributed by atoms with E-state index in [1.165, 1.54) is 0 Å². The van der Waals surface area contributed by atoms with Gasteiger partial charge >= 0.3 is 0 Å². The van der Waals surface area contributed by atoms with Gasteiger partial charge in [-0.05, 0) is 44.7 Å². The summed E-state index contributed by atoms with van der Waals surface area (Å²) in [6, 6.07) is 9.40. The number of amides is 1. The number of ether oxygens (including phenoxy) is 2. The molecule has 4 rings (SSSR count). The van der Waals surface area contributed by atoms with Crippen LogP contribution in [0.15, 0.2) is 30.3 Å². The first-order valence-electron chi connectivity index (χ1n) is 7.22. The summed E-state index contributed by atoms with van der Waals surface area (Å²) in [6.07, 6.45) is 4.04. The fourth-order valence-corrected chi connectivity index (χ4v) is 3.02. The van der Waals surface area contributed by atoms with Crippen molar-refractivity contribution < 1.29 is 14.3 Å². The average Bonchev–Trinajstić information content (AvgIpc) is 2.48. The number of rotatable bonds is 4. The fourth-order valence-electron chi connectivity index (χ4n) is 3.02. The molecule has 1 amide bonds. The van der Waals surface area contributed by atoms with Gasteiger partial charge in [0.1, 0.15) is 5.75 Å². The van der Waals surface area contributed by atoms with Crippen LogP contribution in [0.1, 0.15) is 32.6 Å². The number of fused-ring (bicyclic) bond motifs is 3. The van der Waals surface area contributed by atoms with E-state index >= 15 is 0 Å². The van der Waals surface area contributed by atoms with Gasteiger partial charge in [0.25, 0.3) is 5.91 Å². The van der Waals surface area contributed by atoms with Crippen LogP contribution in [0.3, 0.4) is 0 Å².